The average molecular weight is 275 g/mol. The minimum absolute atomic E-state index is 1.78. The molecule has 0 fully saturated rings. The van der Waals surface area contributed by atoms with Crippen LogP contribution in [-0.4, -0.2) is 10.2 Å². The van der Waals surface area contributed by atoms with Crippen LogP contribution in [0.2, 0.25) is 0 Å². The maximum absolute atomic E-state index is 10.6. The van der Waals surface area contributed by atoms with Crippen LogP contribution in [0.25, 0.3) is 0 Å². The molecule has 0 amide bonds. The monoisotopic (exact) mass is 274 g/mol. The zero-order valence-electron chi connectivity index (χ0n) is 32.9. The van der Waals surface area contributed by atoms with Gasteiger partial charge in [-0.1, -0.05) is 39.2 Å². The summed E-state index contributed by atoms with van der Waals surface area (Å²) < 4.78 is 186. The summed E-state index contributed by atoms with van der Waals surface area (Å²) in [7, 11) is 0. The molecule has 18 heavy (non-hydrogen) atoms. The molecule has 0 saturated heterocycles. The lowest BCUT2D eigenvalue weighted by molar-refractivity contribution is 0.434. The van der Waals surface area contributed by atoms with Crippen LogP contribution in [0.1, 0.15) is 96.0 Å². The van der Waals surface area contributed by atoms with Gasteiger partial charge in [-0.3, -0.25) is 0 Å². The van der Waals surface area contributed by atoms with Gasteiger partial charge in [-0.15, -0.1) is 0 Å². The fourth-order valence-corrected chi connectivity index (χ4v) is 0.936. The summed E-state index contributed by atoms with van der Waals surface area (Å²) in [5, 5.41) is 21.2. The highest BCUT2D eigenvalue weighted by Gasteiger charge is 2.09. The minimum atomic E-state index is -4.37. The van der Waals surface area contributed by atoms with Crippen molar-refractivity contribution in [3.63, 3.8) is 0 Å². The quantitative estimate of drug-likeness (QED) is 0.729. The molecule has 2 N–H and O–H groups in total. The van der Waals surface area contributed by atoms with Gasteiger partial charge in [0.1, 0.15) is 11.5 Å². The van der Waals surface area contributed by atoms with Crippen LogP contribution >= 0.6 is 0 Å². The highest BCUT2D eigenvalue weighted by atomic mass is 16.3. The van der Waals surface area contributed by atoms with Crippen molar-refractivity contribution in [2.75, 3.05) is 0 Å². The number of rotatable bonds is 8. The first-order valence-electron chi connectivity index (χ1n) is 16.4. The van der Waals surface area contributed by atoms with Crippen molar-refractivity contribution in [3.8, 4) is 11.5 Å². The van der Waals surface area contributed by atoms with Crippen molar-refractivity contribution in [3.05, 3.63) is 23.2 Å². The van der Waals surface area contributed by atoms with E-state index in [1.165, 1.54) is 0 Å². The Morgan fingerprint density at radius 3 is 2.11 bits per heavy atom. The van der Waals surface area contributed by atoms with Crippen LogP contribution in [0.5, 0.6) is 11.5 Å². The van der Waals surface area contributed by atoms with E-state index in [1.807, 2.05) is 0 Å². The molecule has 1 aromatic carbocycles. The van der Waals surface area contributed by atoms with Gasteiger partial charge in [-0.2, -0.15) is 0 Å². The zero-order valence-corrected chi connectivity index (χ0v) is 8.89. The Labute approximate surface area is 144 Å². The second-order valence-electron chi connectivity index (χ2n) is 2.70. The summed E-state index contributed by atoms with van der Waals surface area (Å²) in [6.45, 7) is -7.81. The summed E-state index contributed by atoms with van der Waals surface area (Å²) in [5.41, 5.74) is -3.66. The van der Waals surface area contributed by atoms with Crippen molar-refractivity contribution < 1.29 is 43.1 Å². The molecule has 0 aromatic heterocycles. The van der Waals surface area contributed by atoms with Crippen LogP contribution in [-0.2, 0) is 12.7 Å². The van der Waals surface area contributed by atoms with Gasteiger partial charge in [0.25, 0.3) is 0 Å². The van der Waals surface area contributed by atoms with E-state index in [0.717, 1.165) is 0 Å². The number of benzene rings is 1. The Hall–Kier alpha value is -1.18. The van der Waals surface area contributed by atoms with Crippen molar-refractivity contribution in [2.24, 2.45) is 0 Å². The highest BCUT2D eigenvalue weighted by Crippen LogP contribution is 2.31. The van der Waals surface area contributed by atoms with Gasteiger partial charge in [0, 0.05) is 35.7 Å². The first-order valence-corrected chi connectivity index (χ1v) is 4.45. The molecule has 0 saturated carbocycles. The predicted molar refractivity (Wildman–Crippen MR) is 76.2 cm³/mol. The lowest BCUT2D eigenvalue weighted by atomic mass is 10.00. The molecule has 1 rings (SSSR count). The molecular weight excluding hydrogens is 224 g/mol. The Morgan fingerprint density at radius 2 is 1.56 bits per heavy atom. The van der Waals surface area contributed by atoms with E-state index in [4.69, 9.17) is 32.9 Å². The molecule has 0 unspecified atom stereocenters. The Morgan fingerprint density at radius 1 is 1.00 bits per heavy atom. The SMILES string of the molecule is [2H]c1c(O)c(C([2H])([2H])C([2H])([2H])C([2H])([2H])C([2H])([2H])C([2H])([2H])[2H])c(O)c([2H])c1C([2H])([2H])C([2H])([2H])C([2H])([2H])C([2H])([2H])C([2H])([2H])[2H]. The van der Waals surface area contributed by atoms with Crippen molar-refractivity contribution >= 4 is 0 Å². The highest BCUT2D eigenvalue weighted by molar-refractivity contribution is 5.46. The van der Waals surface area contributed by atoms with Crippen molar-refractivity contribution in [2.45, 2.75) is 64.7 Å². The normalized spacial score (nSPS) is 38.2. The standard InChI is InChI=1S/C16H26O2/c1-3-5-7-9-13-11-15(17)14(16(18)12-13)10-8-6-4-2/h11-12,17-18H,3-10H2,1-2H3/i1D3,2D3,3D2,4D2,5D2,6D2,7D2,8D2,9D2,10D2,11D,12D. The molecule has 2 heteroatoms. The van der Waals surface area contributed by atoms with E-state index in [2.05, 4.69) is 0 Å². The van der Waals surface area contributed by atoms with E-state index in [-0.39, 0.29) is 0 Å². The molecule has 0 bridgehead atoms. The summed E-state index contributed by atoms with van der Waals surface area (Å²) in [6, 6.07) is -3.66. The molecule has 0 aliphatic carbocycles. The Balaban J connectivity index is 4.14. The third kappa shape index (κ3) is 4.59. The fourth-order valence-electron chi connectivity index (χ4n) is 0.936. The smallest absolute Gasteiger partial charge is 0.122 e. The van der Waals surface area contributed by atoms with Crippen molar-refractivity contribution in [1.82, 2.24) is 0 Å². The fraction of sp³-hybridized carbons (Fsp3) is 0.625. The Bertz CT molecular complexity index is 1080. The average Bonchev–Trinajstić information content (AvgIpc) is 2.75. The lowest BCUT2D eigenvalue weighted by Crippen LogP contribution is -1.92. The maximum Gasteiger partial charge on any atom is 0.122 e. The van der Waals surface area contributed by atoms with E-state index in [9.17, 15) is 10.2 Å². The van der Waals surface area contributed by atoms with Crippen LogP contribution < -0.4 is 0 Å². The van der Waals surface area contributed by atoms with Gasteiger partial charge in [-0.05, 0) is 43.1 Å². The summed E-state index contributed by atoms with van der Waals surface area (Å²) >= 11 is 0. The molecular formula is C16H26O2. The van der Waals surface area contributed by atoms with E-state index >= 15 is 0 Å². The zero-order chi connectivity index (χ0) is 34.5. The molecule has 102 valence electrons. The van der Waals surface area contributed by atoms with Gasteiger partial charge in [0.15, 0.2) is 0 Å². The predicted octanol–water partition coefficient (Wildman–Crippen LogP) is 4.56. The molecule has 0 atom stereocenters. The molecule has 0 heterocycles. The summed E-state index contributed by atoms with van der Waals surface area (Å²) in [6.07, 6.45) is -34.0. The largest absolute Gasteiger partial charge is 0.508 e. The number of phenols is 2. The van der Waals surface area contributed by atoms with Gasteiger partial charge < -0.3 is 10.2 Å². The summed E-state index contributed by atoms with van der Waals surface area (Å²) in [5.74, 6) is -3.98. The molecule has 0 aliphatic heterocycles. The van der Waals surface area contributed by atoms with Crippen LogP contribution in [0.4, 0.5) is 0 Å². The molecule has 1 aromatic rings. The molecule has 0 aliphatic rings. The topological polar surface area (TPSA) is 40.5 Å². The van der Waals surface area contributed by atoms with Crippen molar-refractivity contribution in [1.29, 1.82) is 0 Å². The molecule has 2 nitrogen and oxygen atoms in total. The second-order valence-corrected chi connectivity index (χ2v) is 2.70. The van der Waals surface area contributed by atoms with Gasteiger partial charge in [0.05, 0.1) is 2.74 Å². The second kappa shape index (κ2) is 8.02. The van der Waals surface area contributed by atoms with Gasteiger partial charge in [-0.25, -0.2) is 0 Å². The Kier molecular flexibility index (Phi) is 1.13. The minimum Gasteiger partial charge on any atom is -0.508 e. The first-order chi connectivity index (χ1) is 17.9. The number of aromatic hydroxyl groups is 2. The van der Waals surface area contributed by atoms with Gasteiger partial charge >= 0.3 is 0 Å². The third-order valence-corrected chi connectivity index (χ3v) is 1.59. The summed E-state index contributed by atoms with van der Waals surface area (Å²) in [4.78, 5) is 0. The molecule has 0 spiro atoms. The van der Waals surface area contributed by atoms with Crippen LogP contribution in [0, 0.1) is 0 Å². The number of hydrogen-bond donors (Lipinski definition) is 2. The number of hydrogen-bond acceptors (Lipinski definition) is 2. The number of phenolic OH excluding ortho intramolecular Hbond substituents is 2. The first kappa shape index (κ1) is 2.53. The molecule has 0 radical (unpaired) electrons. The van der Waals surface area contributed by atoms with Crippen LogP contribution in [0.15, 0.2) is 12.1 Å². The van der Waals surface area contributed by atoms with E-state index in [0.29, 0.717) is 0 Å². The third-order valence-electron chi connectivity index (χ3n) is 1.59. The van der Waals surface area contributed by atoms with E-state index in [1.54, 1.807) is 0 Å². The van der Waals surface area contributed by atoms with Crippen LogP contribution in [0.3, 0.4) is 0 Å². The lowest BCUT2D eigenvalue weighted by Gasteiger charge is -2.10. The van der Waals surface area contributed by atoms with E-state index < -0.39 is 99.4 Å². The van der Waals surface area contributed by atoms with Gasteiger partial charge in [0.2, 0.25) is 0 Å². The maximum atomic E-state index is 10.6.